The van der Waals surface area contributed by atoms with Crippen LogP contribution in [-0.2, 0) is 22.5 Å². The normalized spacial score (nSPS) is 12.1. The number of benzene rings is 1. The third-order valence-corrected chi connectivity index (χ3v) is 4.85. The monoisotopic (exact) mass is 432 g/mol. The molecule has 0 spiro atoms. The largest absolute Gasteiger partial charge is 0.467 e. The van der Waals surface area contributed by atoms with E-state index in [-0.39, 0.29) is 20.2 Å². The van der Waals surface area contributed by atoms with Crippen molar-refractivity contribution in [1.82, 2.24) is 0 Å². The molecule has 0 aliphatic carbocycles. The van der Waals surface area contributed by atoms with Gasteiger partial charge in [-0.3, -0.25) is 0 Å². The molecule has 0 fully saturated rings. The first-order chi connectivity index (χ1) is 14.9. The van der Waals surface area contributed by atoms with E-state index in [4.69, 9.17) is 18.9 Å². The van der Waals surface area contributed by atoms with Gasteiger partial charge < -0.3 is 24.1 Å². The molecule has 31 heavy (non-hydrogen) atoms. The summed E-state index contributed by atoms with van der Waals surface area (Å²) in [5.74, 6) is 1.30. The predicted octanol–water partition coefficient (Wildman–Crippen LogP) is 6.11. The minimum Gasteiger partial charge on any atom is -0.467 e. The molecule has 1 rings (SSSR count). The van der Waals surface area contributed by atoms with Gasteiger partial charge in [0.1, 0.15) is 11.5 Å². The van der Waals surface area contributed by atoms with E-state index in [1.165, 1.54) is 16.7 Å². The lowest BCUT2D eigenvalue weighted by atomic mass is 10.0. The predicted molar refractivity (Wildman–Crippen MR) is 126 cm³/mol. The highest BCUT2D eigenvalue weighted by Crippen LogP contribution is 2.32. The van der Waals surface area contributed by atoms with Gasteiger partial charge in [0.25, 0.3) is 0 Å². The first-order valence-corrected chi connectivity index (χ1v) is 10.9. The third kappa shape index (κ3) is 11.2. The van der Waals surface area contributed by atoms with Crippen molar-refractivity contribution in [3.63, 3.8) is 0 Å². The van der Waals surface area contributed by atoms with Gasteiger partial charge in [-0.1, -0.05) is 34.9 Å². The molecule has 0 saturated heterocycles. The van der Waals surface area contributed by atoms with Crippen molar-refractivity contribution in [2.45, 2.75) is 66.4 Å². The van der Waals surface area contributed by atoms with Crippen LogP contribution in [0.3, 0.4) is 0 Å². The number of aliphatic hydroxyl groups is 1. The molecule has 0 atom stereocenters. The first kappa shape index (κ1) is 27.0. The van der Waals surface area contributed by atoms with Crippen LogP contribution >= 0.6 is 0 Å². The molecule has 0 amide bonds. The van der Waals surface area contributed by atoms with Gasteiger partial charge in [0.2, 0.25) is 0 Å². The second kappa shape index (κ2) is 15.7. The Balaban J connectivity index is 2.85. The SMILES string of the molecule is COCOc1cc(CO)cc(OCOC)c1C/C=C(\C)CC/C=C(\C)CCC=C(C)C. The summed E-state index contributed by atoms with van der Waals surface area (Å²) < 4.78 is 21.6. The zero-order valence-electron chi connectivity index (χ0n) is 20.1. The third-order valence-electron chi connectivity index (χ3n) is 4.85. The molecule has 1 N–H and O–H groups in total. The van der Waals surface area contributed by atoms with Crippen molar-refractivity contribution in [2.75, 3.05) is 27.8 Å². The van der Waals surface area contributed by atoms with E-state index in [0.29, 0.717) is 17.9 Å². The van der Waals surface area contributed by atoms with E-state index in [2.05, 4.69) is 45.9 Å². The molecule has 0 aromatic heterocycles. The van der Waals surface area contributed by atoms with Crippen LogP contribution in [0.15, 0.2) is 47.1 Å². The van der Waals surface area contributed by atoms with Crippen molar-refractivity contribution < 1.29 is 24.1 Å². The van der Waals surface area contributed by atoms with Crippen molar-refractivity contribution in [2.24, 2.45) is 0 Å². The van der Waals surface area contributed by atoms with Gasteiger partial charge in [-0.15, -0.1) is 0 Å². The fourth-order valence-electron chi connectivity index (χ4n) is 3.08. The summed E-state index contributed by atoms with van der Waals surface area (Å²) in [6, 6.07) is 3.66. The lowest BCUT2D eigenvalue weighted by Crippen LogP contribution is -2.07. The quantitative estimate of drug-likeness (QED) is 0.268. The number of rotatable bonds is 15. The highest BCUT2D eigenvalue weighted by atomic mass is 16.7. The number of hydrogen-bond donors (Lipinski definition) is 1. The molecule has 0 saturated carbocycles. The summed E-state index contributed by atoms with van der Waals surface area (Å²) >= 11 is 0. The van der Waals surface area contributed by atoms with Crippen LogP contribution in [0, 0.1) is 0 Å². The molecular weight excluding hydrogens is 392 g/mol. The maximum Gasteiger partial charge on any atom is 0.188 e. The van der Waals surface area contributed by atoms with E-state index in [9.17, 15) is 5.11 Å². The molecule has 5 heteroatoms. The zero-order valence-corrected chi connectivity index (χ0v) is 20.1. The average Bonchev–Trinajstić information content (AvgIpc) is 2.74. The number of ether oxygens (including phenoxy) is 4. The van der Waals surface area contributed by atoms with Crippen molar-refractivity contribution in [3.8, 4) is 11.5 Å². The van der Waals surface area contributed by atoms with Crippen LogP contribution in [0.2, 0.25) is 0 Å². The van der Waals surface area contributed by atoms with Gasteiger partial charge in [-0.25, -0.2) is 0 Å². The Morgan fingerprint density at radius 3 is 1.81 bits per heavy atom. The average molecular weight is 433 g/mol. The standard InChI is InChI=1S/C26H40O5/c1-20(2)9-7-10-21(3)11-8-12-22(4)13-14-24-25(30-18-28-5)15-23(17-27)16-26(24)31-19-29-6/h9,11,13,15-16,27H,7-8,10,12,14,17-19H2,1-6H3/b21-11+,22-13+. The van der Waals surface area contributed by atoms with E-state index < -0.39 is 0 Å². The Labute approximate surface area is 188 Å². The van der Waals surface area contributed by atoms with E-state index >= 15 is 0 Å². The maximum absolute atomic E-state index is 9.58. The van der Waals surface area contributed by atoms with Crippen LogP contribution < -0.4 is 9.47 Å². The Morgan fingerprint density at radius 2 is 1.32 bits per heavy atom. The fourth-order valence-corrected chi connectivity index (χ4v) is 3.08. The summed E-state index contributed by atoms with van der Waals surface area (Å²) in [5.41, 5.74) is 5.76. The number of methoxy groups -OCH3 is 2. The van der Waals surface area contributed by atoms with Crippen LogP contribution in [-0.4, -0.2) is 32.9 Å². The van der Waals surface area contributed by atoms with Crippen LogP contribution in [0.4, 0.5) is 0 Å². The molecular formula is C26H40O5. The minimum absolute atomic E-state index is 0.0961. The van der Waals surface area contributed by atoms with Gasteiger partial charge >= 0.3 is 0 Å². The Bertz CT molecular complexity index is 713. The van der Waals surface area contributed by atoms with Gasteiger partial charge in [-0.05, 0) is 77.5 Å². The summed E-state index contributed by atoms with van der Waals surface area (Å²) in [5, 5.41) is 9.58. The van der Waals surface area contributed by atoms with Gasteiger partial charge in [0.15, 0.2) is 13.6 Å². The molecule has 1 aromatic carbocycles. The van der Waals surface area contributed by atoms with Crippen molar-refractivity contribution >= 4 is 0 Å². The topological polar surface area (TPSA) is 57.2 Å². The smallest absolute Gasteiger partial charge is 0.188 e. The van der Waals surface area contributed by atoms with Crippen LogP contribution in [0.1, 0.15) is 64.5 Å². The number of aliphatic hydroxyl groups excluding tert-OH is 1. The number of hydrogen-bond acceptors (Lipinski definition) is 5. The summed E-state index contributed by atoms with van der Waals surface area (Å²) in [6.45, 7) is 8.81. The summed E-state index contributed by atoms with van der Waals surface area (Å²) in [4.78, 5) is 0. The van der Waals surface area contributed by atoms with Crippen molar-refractivity contribution in [1.29, 1.82) is 0 Å². The second-order valence-electron chi connectivity index (χ2n) is 7.99. The van der Waals surface area contributed by atoms with Crippen molar-refractivity contribution in [3.05, 3.63) is 58.2 Å². The highest BCUT2D eigenvalue weighted by molar-refractivity contribution is 5.49. The fraction of sp³-hybridized carbons (Fsp3) is 0.538. The van der Waals surface area contributed by atoms with Gasteiger partial charge in [-0.2, -0.15) is 0 Å². The van der Waals surface area contributed by atoms with Gasteiger partial charge in [0, 0.05) is 19.8 Å². The lowest BCUT2D eigenvalue weighted by Gasteiger charge is -2.17. The molecule has 0 radical (unpaired) electrons. The van der Waals surface area contributed by atoms with Crippen LogP contribution in [0.5, 0.6) is 11.5 Å². The molecule has 174 valence electrons. The molecule has 1 aromatic rings. The molecule has 0 bridgehead atoms. The Kier molecular flexibility index (Phi) is 13.6. The van der Waals surface area contributed by atoms with E-state index in [0.717, 1.165) is 36.8 Å². The van der Waals surface area contributed by atoms with Gasteiger partial charge in [0.05, 0.1) is 6.61 Å². The minimum atomic E-state index is -0.0961. The zero-order chi connectivity index (χ0) is 23.1. The van der Waals surface area contributed by atoms with E-state index in [1.54, 1.807) is 14.2 Å². The summed E-state index contributed by atoms with van der Waals surface area (Å²) in [7, 11) is 3.16. The van der Waals surface area contributed by atoms with E-state index in [1.807, 2.05) is 12.1 Å². The molecule has 0 unspecified atom stereocenters. The molecule has 5 nitrogen and oxygen atoms in total. The molecule has 0 aliphatic rings. The Morgan fingerprint density at radius 1 is 0.806 bits per heavy atom. The highest BCUT2D eigenvalue weighted by Gasteiger charge is 2.13. The second-order valence-corrected chi connectivity index (χ2v) is 7.99. The van der Waals surface area contributed by atoms with Crippen LogP contribution in [0.25, 0.3) is 0 Å². The lowest BCUT2D eigenvalue weighted by molar-refractivity contribution is 0.0446. The maximum atomic E-state index is 9.58. The molecule has 0 aliphatic heterocycles. The summed E-state index contributed by atoms with van der Waals surface area (Å²) in [6.07, 6.45) is 11.8. The first-order valence-electron chi connectivity index (χ1n) is 10.9. The molecule has 0 heterocycles. The number of allylic oxidation sites excluding steroid dienone is 6. The Hall–Kier alpha value is -2.08.